The number of rotatable bonds is 7. The van der Waals surface area contributed by atoms with Gasteiger partial charge in [0.25, 0.3) is 0 Å². The molecule has 14 heteroatoms. The van der Waals surface area contributed by atoms with Crippen LogP contribution in [0.3, 0.4) is 0 Å². The number of hydrogen-bond acceptors (Lipinski definition) is 8. The molecule has 0 aliphatic rings. The Hall–Kier alpha value is -3.80. The van der Waals surface area contributed by atoms with Gasteiger partial charge in [0.1, 0.15) is 6.54 Å². The Morgan fingerprint density at radius 1 is 1.21 bits per heavy atom. The number of halogens is 3. The molecule has 1 unspecified atom stereocenters. The third-order valence-corrected chi connectivity index (χ3v) is 5.81. The van der Waals surface area contributed by atoms with E-state index >= 15 is 0 Å². The number of aromatic nitrogens is 3. The molecule has 0 spiro atoms. The molecule has 34 heavy (non-hydrogen) atoms. The first kappa shape index (κ1) is 24.8. The van der Waals surface area contributed by atoms with E-state index in [1.165, 1.54) is 49.6 Å². The van der Waals surface area contributed by atoms with E-state index in [9.17, 15) is 26.8 Å². The van der Waals surface area contributed by atoms with E-state index < -0.39 is 39.2 Å². The van der Waals surface area contributed by atoms with Crippen molar-refractivity contribution < 1.29 is 26.7 Å². The zero-order valence-corrected chi connectivity index (χ0v) is 18.6. The Labute approximate surface area is 192 Å². The van der Waals surface area contributed by atoms with Crippen LogP contribution in [0, 0.1) is 16.5 Å². The highest BCUT2D eigenvalue weighted by Crippen LogP contribution is 2.33. The standard InChI is InChI=1S/C20H18F3N7O3S/c1-29(34(2,32)33)17-14(4-3-9-25-17)12-30(31)18-16(20(21,22)23)11-26-19(28-18)27-15-7-5-13(10-24)6-8-15/h3-9,11,30H,12H2,1-2H3,(H,26,27,28). The summed E-state index contributed by atoms with van der Waals surface area (Å²) in [6.45, 7) is -0.584. The van der Waals surface area contributed by atoms with Gasteiger partial charge in [-0.15, -0.1) is 0 Å². The summed E-state index contributed by atoms with van der Waals surface area (Å²) in [6.07, 6.45) is -2.17. The fraction of sp³-hybridized carbons (Fsp3) is 0.200. The minimum Gasteiger partial charge on any atom is -0.627 e. The smallest absolute Gasteiger partial charge is 0.425 e. The lowest BCUT2D eigenvalue weighted by molar-refractivity contribution is -0.795. The Morgan fingerprint density at radius 2 is 1.88 bits per heavy atom. The van der Waals surface area contributed by atoms with Crippen LogP contribution in [0.2, 0.25) is 0 Å². The summed E-state index contributed by atoms with van der Waals surface area (Å²) in [7, 11) is -2.51. The first-order valence-electron chi connectivity index (χ1n) is 9.52. The molecular formula is C20H18F3N7O3S. The van der Waals surface area contributed by atoms with Gasteiger partial charge in [-0.05, 0) is 36.4 Å². The van der Waals surface area contributed by atoms with E-state index in [1.54, 1.807) is 0 Å². The van der Waals surface area contributed by atoms with Crippen LogP contribution in [0.4, 0.5) is 36.4 Å². The van der Waals surface area contributed by atoms with Gasteiger partial charge in [-0.2, -0.15) is 23.4 Å². The number of hydrogen-bond donors (Lipinski definition) is 2. The second kappa shape index (κ2) is 9.59. The van der Waals surface area contributed by atoms with Crippen LogP contribution in [0.15, 0.2) is 48.8 Å². The number of hydroxylamine groups is 1. The van der Waals surface area contributed by atoms with Crippen LogP contribution in [0.5, 0.6) is 0 Å². The van der Waals surface area contributed by atoms with Crippen LogP contribution >= 0.6 is 0 Å². The van der Waals surface area contributed by atoms with Crippen LogP contribution in [0.1, 0.15) is 16.7 Å². The summed E-state index contributed by atoms with van der Waals surface area (Å²) in [4.78, 5) is 11.4. The van der Waals surface area contributed by atoms with E-state index in [2.05, 4.69) is 20.3 Å². The molecule has 0 aliphatic heterocycles. The number of alkyl halides is 3. The predicted molar refractivity (Wildman–Crippen MR) is 117 cm³/mol. The summed E-state index contributed by atoms with van der Waals surface area (Å²) in [5, 5.41) is 23.5. The Bertz CT molecular complexity index is 1330. The van der Waals surface area contributed by atoms with E-state index in [0.717, 1.165) is 10.6 Å². The van der Waals surface area contributed by atoms with Crippen molar-refractivity contribution >= 4 is 33.3 Å². The van der Waals surface area contributed by atoms with Gasteiger partial charge in [0.05, 0.1) is 29.6 Å². The topological polar surface area (TPSA) is 139 Å². The number of benzene rings is 1. The van der Waals surface area contributed by atoms with Crippen molar-refractivity contribution in [2.75, 3.05) is 22.9 Å². The van der Waals surface area contributed by atoms with Gasteiger partial charge in [-0.25, -0.2) is 18.4 Å². The molecule has 2 N–H and O–H groups in total. The fourth-order valence-electron chi connectivity index (χ4n) is 2.88. The number of pyridine rings is 1. The van der Waals surface area contributed by atoms with Gasteiger partial charge in [0.2, 0.25) is 21.8 Å². The van der Waals surface area contributed by atoms with Crippen molar-refractivity contribution in [2.45, 2.75) is 12.7 Å². The molecule has 10 nitrogen and oxygen atoms in total. The van der Waals surface area contributed by atoms with Crippen molar-refractivity contribution in [1.82, 2.24) is 15.0 Å². The van der Waals surface area contributed by atoms with Crippen LogP contribution in [-0.2, 0) is 22.7 Å². The first-order chi connectivity index (χ1) is 15.9. The van der Waals surface area contributed by atoms with Gasteiger partial charge in [0.15, 0.2) is 11.4 Å². The molecule has 3 rings (SSSR count). The zero-order chi connectivity index (χ0) is 25.1. The molecule has 1 aromatic carbocycles. The molecule has 2 aromatic heterocycles. The number of nitriles is 1. The lowest BCUT2D eigenvalue weighted by Gasteiger charge is -2.26. The van der Waals surface area contributed by atoms with Gasteiger partial charge in [-0.3, -0.25) is 4.31 Å². The molecule has 0 radical (unpaired) electrons. The predicted octanol–water partition coefficient (Wildman–Crippen LogP) is 2.12. The van der Waals surface area contributed by atoms with Gasteiger partial charge in [-0.1, -0.05) is 0 Å². The van der Waals surface area contributed by atoms with Crippen molar-refractivity contribution in [3.63, 3.8) is 0 Å². The Balaban J connectivity index is 1.97. The number of nitrogens with one attached hydrogen (secondary N) is 2. The summed E-state index contributed by atoms with van der Waals surface area (Å²) in [5.41, 5.74) is -0.457. The van der Waals surface area contributed by atoms with Crippen LogP contribution in [-0.4, -0.2) is 36.7 Å². The quantitative estimate of drug-likeness (QED) is 0.477. The maximum absolute atomic E-state index is 13.6. The van der Waals surface area contributed by atoms with Crippen LogP contribution in [0.25, 0.3) is 0 Å². The lowest BCUT2D eigenvalue weighted by atomic mass is 10.2. The highest BCUT2D eigenvalue weighted by molar-refractivity contribution is 7.92. The zero-order valence-electron chi connectivity index (χ0n) is 17.8. The molecule has 3 aromatic rings. The molecule has 0 saturated carbocycles. The minimum atomic E-state index is -4.90. The number of anilines is 3. The third kappa shape index (κ3) is 5.76. The summed E-state index contributed by atoms with van der Waals surface area (Å²) < 4.78 is 65.3. The normalized spacial score (nSPS) is 12.6. The van der Waals surface area contributed by atoms with Gasteiger partial charge in [0, 0.05) is 18.9 Å². The average molecular weight is 493 g/mol. The maximum Gasteiger partial charge on any atom is 0.425 e. The SMILES string of the molecule is CN(c1ncccc1C[NH+]([O-])c1nc(Nc2ccc(C#N)cc2)ncc1C(F)(F)F)S(C)(=O)=O. The molecule has 0 fully saturated rings. The summed E-state index contributed by atoms with van der Waals surface area (Å²) >= 11 is 0. The number of quaternary nitrogens is 1. The Morgan fingerprint density at radius 3 is 2.47 bits per heavy atom. The molecule has 2 heterocycles. The van der Waals surface area contributed by atoms with Crippen molar-refractivity contribution in [3.8, 4) is 6.07 Å². The van der Waals surface area contributed by atoms with Gasteiger partial charge >= 0.3 is 6.18 Å². The minimum absolute atomic E-state index is 0.0862. The second-order valence-electron chi connectivity index (χ2n) is 7.08. The van der Waals surface area contributed by atoms with Crippen LogP contribution < -0.4 is 14.7 Å². The first-order valence-corrected chi connectivity index (χ1v) is 11.4. The Kier molecular flexibility index (Phi) is 7.01. The number of sulfonamides is 1. The van der Waals surface area contributed by atoms with Gasteiger partial charge < -0.3 is 15.6 Å². The summed E-state index contributed by atoms with van der Waals surface area (Å²) in [5.74, 6) is -1.23. The molecule has 0 bridgehead atoms. The highest BCUT2D eigenvalue weighted by Gasteiger charge is 2.38. The van der Waals surface area contributed by atoms with E-state index in [4.69, 9.17) is 5.26 Å². The molecular weight excluding hydrogens is 475 g/mol. The van der Waals surface area contributed by atoms with E-state index in [-0.39, 0.29) is 17.3 Å². The van der Waals surface area contributed by atoms with Crippen molar-refractivity contribution in [3.05, 3.63) is 70.7 Å². The molecule has 0 saturated heterocycles. The molecule has 0 aliphatic carbocycles. The monoisotopic (exact) mass is 493 g/mol. The molecule has 0 amide bonds. The van der Waals surface area contributed by atoms with Crippen molar-refractivity contribution in [2.24, 2.45) is 0 Å². The fourth-order valence-corrected chi connectivity index (χ4v) is 3.36. The second-order valence-corrected chi connectivity index (χ2v) is 9.10. The lowest BCUT2D eigenvalue weighted by Crippen LogP contribution is -3.01. The van der Waals surface area contributed by atoms with Crippen molar-refractivity contribution in [1.29, 1.82) is 5.26 Å². The number of nitrogens with zero attached hydrogens (tertiary/aromatic N) is 5. The summed E-state index contributed by atoms with van der Waals surface area (Å²) in [6, 6.07) is 10.7. The molecule has 1 atom stereocenters. The largest absolute Gasteiger partial charge is 0.627 e. The third-order valence-electron chi connectivity index (χ3n) is 4.64. The average Bonchev–Trinajstić information content (AvgIpc) is 2.78. The van der Waals surface area contributed by atoms with E-state index in [1.807, 2.05) is 6.07 Å². The molecule has 178 valence electrons. The highest BCUT2D eigenvalue weighted by atomic mass is 32.2. The van der Waals surface area contributed by atoms with E-state index in [0.29, 0.717) is 17.4 Å². The maximum atomic E-state index is 13.6.